The molecule has 44 heavy (non-hydrogen) atoms. The molecule has 3 heterocycles. The maximum absolute atomic E-state index is 14.2. The Morgan fingerprint density at radius 1 is 1.25 bits per heavy atom. The monoisotopic (exact) mass is 673 g/mol. The minimum absolute atomic E-state index is 0.0802. The van der Waals surface area contributed by atoms with Gasteiger partial charge in [0.15, 0.2) is 0 Å². The molecule has 7 atom stereocenters. The molecular weight excluding hydrogens is 630 g/mol. The highest BCUT2D eigenvalue weighted by molar-refractivity contribution is 9.09. The van der Waals surface area contributed by atoms with Gasteiger partial charge in [-0.05, 0) is 31.2 Å². The average Bonchev–Trinajstić information content (AvgIpc) is 3.62. The van der Waals surface area contributed by atoms with Gasteiger partial charge in [0.05, 0.1) is 24.0 Å². The molecule has 3 saturated heterocycles. The number of benzene rings is 1. The second kappa shape index (κ2) is 15.3. The number of unbranched alkanes of at least 4 members (excludes halogenated alkanes) is 1. The van der Waals surface area contributed by atoms with Gasteiger partial charge in [0.1, 0.15) is 18.2 Å². The van der Waals surface area contributed by atoms with Crippen LogP contribution < -0.4 is 5.32 Å². The quantitative estimate of drug-likeness (QED) is 0.148. The number of carbonyl (C=O) groups excluding carboxylic acids is 4. The number of alkyl halides is 1. The number of halogens is 1. The zero-order chi connectivity index (χ0) is 31.9. The summed E-state index contributed by atoms with van der Waals surface area (Å²) in [5.74, 6) is -3.11. The third-order valence-corrected chi connectivity index (χ3v) is 9.65. The van der Waals surface area contributed by atoms with Crippen molar-refractivity contribution in [2.45, 2.75) is 74.1 Å². The SMILES string of the molecule is C=CCCC(=O)OC[C@H](NC(=O)[C@@H]1[C@H]2O[C@@]3(CC2Br)[C@H](C(=O)N(CC=C)CCCC)N(CCCO)C(=O)[C@@H]13)c1ccccc1. The normalized spacial score (nSPS) is 27.5. The zero-order valence-corrected chi connectivity index (χ0v) is 27.0. The number of amides is 3. The molecule has 3 aliphatic rings. The van der Waals surface area contributed by atoms with Gasteiger partial charge in [-0.15, -0.1) is 13.2 Å². The minimum Gasteiger partial charge on any atom is -0.463 e. The molecule has 10 nitrogen and oxygen atoms in total. The van der Waals surface area contributed by atoms with Crippen LogP contribution in [0.25, 0.3) is 0 Å². The van der Waals surface area contributed by atoms with Crippen LogP contribution in [0.3, 0.4) is 0 Å². The molecule has 4 rings (SSSR count). The van der Waals surface area contributed by atoms with Gasteiger partial charge in [0.25, 0.3) is 0 Å². The second-order valence-electron chi connectivity index (χ2n) is 11.7. The fourth-order valence-corrected chi connectivity index (χ4v) is 7.74. The van der Waals surface area contributed by atoms with Crippen molar-refractivity contribution in [2.75, 3.05) is 32.8 Å². The summed E-state index contributed by atoms with van der Waals surface area (Å²) in [4.78, 5) is 57.8. The van der Waals surface area contributed by atoms with Gasteiger partial charge < -0.3 is 29.7 Å². The van der Waals surface area contributed by atoms with E-state index in [0.717, 1.165) is 18.4 Å². The number of aliphatic hydroxyl groups excluding tert-OH is 1. The lowest BCUT2D eigenvalue weighted by Gasteiger charge is -2.37. The summed E-state index contributed by atoms with van der Waals surface area (Å²) in [7, 11) is 0. The van der Waals surface area contributed by atoms with Crippen molar-refractivity contribution in [3.05, 3.63) is 61.2 Å². The van der Waals surface area contributed by atoms with Gasteiger partial charge in [-0.3, -0.25) is 19.2 Å². The van der Waals surface area contributed by atoms with Gasteiger partial charge in [-0.1, -0.05) is 71.8 Å². The number of rotatable bonds is 17. The van der Waals surface area contributed by atoms with E-state index in [4.69, 9.17) is 9.47 Å². The molecule has 0 saturated carbocycles. The lowest BCUT2D eigenvalue weighted by atomic mass is 9.70. The number of esters is 1. The molecule has 0 aliphatic carbocycles. The van der Waals surface area contributed by atoms with Crippen molar-refractivity contribution in [3.63, 3.8) is 0 Å². The van der Waals surface area contributed by atoms with E-state index in [1.807, 2.05) is 37.3 Å². The summed E-state index contributed by atoms with van der Waals surface area (Å²) in [5.41, 5.74) is -0.451. The Bertz CT molecular complexity index is 1210. The third kappa shape index (κ3) is 6.79. The van der Waals surface area contributed by atoms with Crippen LogP contribution in [0.5, 0.6) is 0 Å². The number of nitrogens with one attached hydrogen (secondary N) is 1. The number of aliphatic hydroxyl groups is 1. The molecule has 2 N–H and O–H groups in total. The zero-order valence-electron chi connectivity index (χ0n) is 25.4. The fourth-order valence-electron chi connectivity index (χ4n) is 6.80. The number of hydrogen-bond donors (Lipinski definition) is 2. The van der Waals surface area contributed by atoms with E-state index in [2.05, 4.69) is 34.4 Å². The molecule has 2 bridgehead atoms. The summed E-state index contributed by atoms with van der Waals surface area (Å²) < 4.78 is 12.1. The predicted molar refractivity (Wildman–Crippen MR) is 169 cm³/mol. The molecule has 1 spiro atoms. The maximum atomic E-state index is 14.2. The van der Waals surface area contributed by atoms with E-state index in [1.165, 1.54) is 4.90 Å². The van der Waals surface area contributed by atoms with Crippen LogP contribution in [-0.4, -0.2) is 94.0 Å². The van der Waals surface area contributed by atoms with E-state index < -0.39 is 47.5 Å². The van der Waals surface area contributed by atoms with E-state index in [9.17, 15) is 24.3 Å². The number of carbonyl (C=O) groups is 4. The van der Waals surface area contributed by atoms with E-state index in [-0.39, 0.29) is 42.8 Å². The summed E-state index contributed by atoms with van der Waals surface area (Å²) in [6.45, 7) is 10.3. The fraction of sp³-hybridized carbons (Fsp3) is 0.576. The highest BCUT2D eigenvalue weighted by Crippen LogP contribution is 2.60. The number of hydrogen-bond acceptors (Lipinski definition) is 7. The first-order valence-corrected chi connectivity index (χ1v) is 16.4. The highest BCUT2D eigenvalue weighted by Gasteiger charge is 2.76. The first-order valence-electron chi connectivity index (χ1n) is 15.5. The molecular formula is C33H44BrN3O7. The lowest BCUT2D eigenvalue weighted by Crippen LogP contribution is -2.57. The van der Waals surface area contributed by atoms with Crippen LogP contribution in [0.15, 0.2) is 55.6 Å². The third-order valence-electron chi connectivity index (χ3n) is 8.81. The number of likely N-dealkylation sites (tertiary alicyclic amines) is 1. The van der Waals surface area contributed by atoms with Crippen molar-refractivity contribution in [2.24, 2.45) is 11.8 Å². The predicted octanol–water partition coefficient (Wildman–Crippen LogP) is 3.30. The molecule has 3 amide bonds. The number of ether oxygens (including phenoxy) is 2. The Balaban J connectivity index is 1.64. The van der Waals surface area contributed by atoms with Gasteiger partial charge >= 0.3 is 5.97 Å². The Hall–Kier alpha value is -3.02. The van der Waals surface area contributed by atoms with Crippen molar-refractivity contribution in [3.8, 4) is 0 Å². The van der Waals surface area contributed by atoms with E-state index >= 15 is 0 Å². The van der Waals surface area contributed by atoms with Crippen molar-refractivity contribution >= 4 is 39.6 Å². The van der Waals surface area contributed by atoms with Crippen LogP contribution in [0.2, 0.25) is 0 Å². The van der Waals surface area contributed by atoms with Crippen LogP contribution in [0.1, 0.15) is 57.1 Å². The molecule has 0 aromatic heterocycles. The maximum Gasteiger partial charge on any atom is 0.306 e. The number of allylic oxidation sites excluding steroid dienone is 1. The summed E-state index contributed by atoms with van der Waals surface area (Å²) >= 11 is 3.71. The number of nitrogens with zero attached hydrogens (tertiary/aromatic N) is 2. The van der Waals surface area contributed by atoms with Crippen molar-refractivity contribution < 1.29 is 33.8 Å². The smallest absolute Gasteiger partial charge is 0.306 e. The molecule has 0 radical (unpaired) electrons. The number of fused-ring (bicyclic) bond motifs is 1. The van der Waals surface area contributed by atoms with E-state index in [0.29, 0.717) is 32.4 Å². The first-order chi connectivity index (χ1) is 21.2. The van der Waals surface area contributed by atoms with Gasteiger partial charge in [-0.25, -0.2) is 0 Å². The largest absolute Gasteiger partial charge is 0.463 e. The molecule has 11 heteroatoms. The van der Waals surface area contributed by atoms with Gasteiger partial charge in [0, 0.05) is 37.5 Å². The summed E-state index contributed by atoms with van der Waals surface area (Å²) in [6.07, 6.45) is 5.71. The van der Waals surface area contributed by atoms with E-state index in [1.54, 1.807) is 17.1 Å². The summed E-state index contributed by atoms with van der Waals surface area (Å²) in [6, 6.07) is 7.62. The Morgan fingerprint density at radius 3 is 2.66 bits per heavy atom. The topological polar surface area (TPSA) is 125 Å². The Morgan fingerprint density at radius 2 is 2.00 bits per heavy atom. The van der Waals surface area contributed by atoms with Gasteiger partial charge in [0.2, 0.25) is 17.7 Å². The molecule has 1 unspecified atom stereocenters. The summed E-state index contributed by atoms with van der Waals surface area (Å²) in [5, 5.41) is 12.7. The van der Waals surface area contributed by atoms with Crippen molar-refractivity contribution in [1.29, 1.82) is 0 Å². The Kier molecular flexibility index (Phi) is 11.8. The van der Waals surface area contributed by atoms with Crippen LogP contribution in [0.4, 0.5) is 0 Å². The minimum atomic E-state index is -1.20. The molecule has 1 aromatic carbocycles. The molecule has 1 aromatic rings. The molecule has 240 valence electrons. The van der Waals surface area contributed by atoms with Crippen LogP contribution in [0, 0.1) is 11.8 Å². The Labute approximate surface area is 267 Å². The van der Waals surface area contributed by atoms with Crippen LogP contribution in [-0.2, 0) is 28.7 Å². The molecule has 3 fully saturated rings. The highest BCUT2D eigenvalue weighted by atomic mass is 79.9. The van der Waals surface area contributed by atoms with Crippen LogP contribution >= 0.6 is 15.9 Å². The lowest BCUT2D eigenvalue weighted by molar-refractivity contribution is -0.148. The van der Waals surface area contributed by atoms with Gasteiger partial charge in [-0.2, -0.15) is 0 Å². The standard InChI is InChI=1S/C33H44BrN3O7/c1-4-7-15-25(39)43-21-24(22-13-10-9-11-14-22)35-30(40)26-27-31(41)37(18-12-19-38)29(33(27)20-23(34)28(26)44-33)32(42)36(16-6-3)17-8-5-2/h4,6,9-11,13-14,23-24,26-29,38H,1,3,5,7-8,12,15-21H2,2H3,(H,35,40)/t23?,24-,26-,27+,28-,29-,33+/m0/s1. The molecule has 3 aliphatic heterocycles. The average molecular weight is 675 g/mol. The second-order valence-corrected chi connectivity index (χ2v) is 12.9. The first kappa shape index (κ1) is 33.9. The van der Waals surface area contributed by atoms with Crippen molar-refractivity contribution in [1.82, 2.24) is 15.1 Å².